The number of fused-ring (bicyclic) bond motifs is 1. The van der Waals surface area contributed by atoms with Crippen LogP contribution in [-0.4, -0.2) is 38.8 Å². The summed E-state index contributed by atoms with van der Waals surface area (Å²) in [5.41, 5.74) is 1.06. The molecule has 3 rings (SSSR count). The first-order valence-electron chi connectivity index (χ1n) is 8.43. The maximum absolute atomic E-state index is 12.7. The van der Waals surface area contributed by atoms with Crippen LogP contribution in [0.1, 0.15) is 5.56 Å². The number of ether oxygens (including phenoxy) is 2. The molecule has 0 saturated heterocycles. The predicted molar refractivity (Wildman–Crippen MR) is 103 cm³/mol. The van der Waals surface area contributed by atoms with Crippen LogP contribution in [0.3, 0.4) is 0 Å². The number of methoxy groups -OCH3 is 2. The second kappa shape index (κ2) is 7.99. The third kappa shape index (κ3) is 4.00. The fourth-order valence-corrected chi connectivity index (χ4v) is 3.56. The minimum Gasteiger partial charge on any atom is -0.493 e. The van der Waals surface area contributed by atoms with Crippen LogP contribution in [0.4, 0.5) is 0 Å². The second-order valence-corrected chi connectivity index (χ2v) is 7.67. The first kappa shape index (κ1) is 19.8. The smallest absolute Gasteiger partial charge is 0.297 e. The summed E-state index contributed by atoms with van der Waals surface area (Å²) in [5.74, 6) is 0.872. The number of aromatic nitrogens is 2. The molecule has 0 bridgehead atoms. The monoisotopic (exact) mass is 404 g/mol. The van der Waals surface area contributed by atoms with Crippen LogP contribution in [0.15, 0.2) is 52.4 Å². The zero-order chi connectivity index (χ0) is 20.3. The third-order valence-electron chi connectivity index (χ3n) is 4.21. The lowest BCUT2D eigenvalue weighted by molar-refractivity contribution is 0.298. The van der Waals surface area contributed by atoms with Crippen molar-refractivity contribution >= 4 is 21.0 Å². The summed E-state index contributed by atoms with van der Waals surface area (Å²) in [5, 5.41) is 0.335. The largest absolute Gasteiger partial charge is 0.493 e. The molecule has 1 aromatic heterocycles. The maximum Gasteiger partial charge on any atom is 0.297 e. The van der Waals surface area contributed by atoms with Crippen LogP contribution in [0.2, 0.25) is 0 Å². The molecule has 8 nitrogen and oxygen atoms in total. The summed E-state index contributed by atoms with van der Waals surface area (Å²) >= 11 is 0. The highest BCUT2D eigenvalue weighted by Gasteiger charge is 2.15. The first-order chi connectivity index (χ1) is 13.4. The maximum atomic E-state index is 12.7. The number of aryl methyl sites for hydroxylation is 1. The molecule has 0 N–H and O–H groups in total. The fourth-order valence-electron chi connectivity index (χ4n) is 2.66. The van der Waals surface area contributed by atoms with Gasteiger partial charge < -0.3 is 9.47 Å². The molecule has 0 aliphatic carbocycles. The van der Waals surface area contributed by atoms with Crippen LogP contribution in [0.25, 0.3) is 10.9 Å². The average Bonchev–Trinajstić information content (AvgIpc) is 2.69. The third-order valence-corrected chi connectivity index (χ3v) is 5.54. The van der Waals surface area contributed by atoms with Gasteiger partial charge in [-0.25, -0.2) is 4.98 Å². The summed E-state index contributed by atoms with van der Waals surface area (Å²) in [6.45, 7) is 1.69. The number of hydrogen-bond donors (Lipinski definition) is 0. The minimum absolute atomic E-state index is 0.0290. The molecule has 148 valence electrons. The van der Waals surface area contributed by atoms with Crippen molar-refractivity contribution in [3.63, 3.8) is 0 Å². The van der Waals surface area contributed by atoms with Crippen molar-refractivity contribution in [3.05, 3.63) is 58.6 Å². The Balaban J connectivity index is 1.80. The van der Waals surface area contributed by atoms with Gasteiger partial charge in [-0.05, 0) is 25.1 Å². The Bertz CT molecular complexity index is 1150. The van der Waals surface area contributed by atoms with E-state index in [1.165, 1.54) is 37.2 Å². The zero-order valence-electron chi connectivity index (χ0n) is 15.7. The Hall–Kier alpha value is -2.91. The van der Waals surface area contributed by atoms with Crippen LogP contribution in [0, 0.1) is 6.92 Å². The quantitative estimate of drug-likeness (QED) is 0.557. The summed E-state index contributed by atoms with van der Waals surface area (Å²) in [7, 11) is -0.923. The van der Waals surface area contributed by atoms with Gasteiger partial charge in [0, 0.05) is 6.07 Å². The van der Waals surface area contributed by atoms with E-state index in [-0.39, 0.29) is 23.6 Å². The van der Waals surface area contributed by atoms with Gasteiger partial charge in [0.05, 0.1) is 49.5 Å². The van der Waals surface area contributed by atoms with Crippen LogP contribution in [0.5, 0.6) is 11.5 Å². The SMILES string of the molecule is COc1cc2ncn(CCOS(=O)(=O)c3ccc(C)cc3)c(=O)c2cc1OC. The van der Waals surface area contributed by atoms with Gasteiger partial charge in [0.15, 0.2) is 11.5 Å². The highest BCUT2D eigenvalue weighted by Crippen LogP contribution is 2.29. The van der Waals surface area contributed by atoms with E-state index in [4.69, 9.17) is 13.7 Å². The van der Waals surface area contributed by atoms with Crippen molar-refractivity contribution < 1.29 is 22.1 Å². The predicted octanol–water partition coefficient (Wildman–Crippen LogP) is 2.13. The lowest BCUT2D eigenvalue weighted by Gasteiger charge is -2.11. The molecule has 0 unspecified atom stereocenters. The van der Waals surface area contributed by atoms with Gasteiger partial charge in [0.1, 0.15) is 0 Å². The minimum atomic E-state index is -3.89. The first-order valence-corrected chi connectivity index (χ1v) is 9.84. The number of nitrogens with zero attached hydrogens (tertiary/aromatic N) is 2. The molecule has 9 heteroatoms. The second-order valence-electron chi connectivity index (χ2n) is 6.06. The van der Waals surface area contributed by atoms with Gasteiger partial charge in [-0.15, -0.1) is 0 Å². The van der Waals surface area contributed by atoms with Crippen LogP contribution < -0.4 is 15.0 Å². The summed E-state index contributed by atoms with van der Waals surface area (Å²) in [4.78, 5) is 17.0. The van der Waals surface area contributed by atoms with E-state index in [2.05, 4.69) is 4.98 Å². The van der Waals surface area contributed by atoms with Crippen LogP contribution >= 0.6 is 0 Å². The van der Waals surface area contributed by atoms with Gasteiger partial charge in [-0.1, -0.05) is 17.7 Å². The van der Waals surface area contributed by atoms with Crippen LogP contribution in [-0.2, 0) is 20.8 Å². The normalized spacial score (nSPS) is 11.5. The highest BCUT2D eigenvalue weighted by atomic mass is 32.2. The molecule has 0 atom stereocenters. The highest BCUT2D eigenvalue weighted by molar-refractivity contribution is 7.86. The van der Waals surface area contributed by atoms with E-state index >= 15 is 0 Å². The summed E-state index contributed by atoms with van der Waals surface area (Å²) < 4.78 is 41.2. The van der Waals surface area contributed by atoms with E-state index in [9.17, 15) is 13.2 Å². The van der Waals surface area contributed by atoms with E-state index in [0.29, 0.717) is 22.4 Å². The molecule has 0 amide bonds. The van der Waals surface area contributed by atoms with Gasteiger partial charge in [0.25, 0.3) is 15.7 Å². The Morgan fingerprint density at radius 3 is 2.32 bits per heavy atom. The van der Waals surface area contributed by atoms with Crippen molar-refractivity contribution in [2.75, 3.05) is 20.8 Å². The van der Waals surface area contributed by atoms with Gasteiger partial charge in [-0.2, -0.15) is 8.42 Å². The number of benzene rings is 2. The molecule has 0 fully saturated rings. The molecule has 3 aromatic rings. The Morgan fingerprint density at radius 2 is 1.68 bits per heavy atom. The zero-order valence-corrected chi connectivity index (χ0v) is 16.5. The van der Waals surface area contributed by atoms with E-state index in [0.717, 1.165) is 5.56 Å². The van der Waals surface area contributed by atoms with Crippen molar-refractivity contribution in [1.29, 1.82) is 0 Å². The van der Waals surface area contributed by atoms with E-state index in [1.54, 1.807) is 24.3 Å². The van der Waals surface area contributed by atoms with Gasteiger partial charge >= 0.3 is 0 Å². The van der Waals surface area contributed by atoms with Crippen molar-refractivity contribution in [3.8, 4) is 11.5 Å². The fraction of sp³-hybridized carbons (Fsp3) is 0.263. The topological polar surface area (TPSA) is 96.7 Å². The lowest BCUT2D eigenvalue weighted by Crippen LogP contribution is -2.23. The molecule has 0 aliphatic heterocycles. The Labute approximate surface area is 162 Å². The average molecular weight is 404 g/mol. The molecule has 0 radical (unpaired) electrons. The van der Waals surface area contributed by atoms with Crippen molar-refractivity contribution in [1.82, 2.24) is 9.55 Å². The molecule has 1 heterocycles. The lowest BCUT2D eigenvalue weighted by atomic mass is 10.2. The number of hydrogen-bond acceptors (Lipinski definition) is 7. The Kier molecular flexibility index (Phi) is 5.66. The molecular weight excluding hydrogens is 384 g/mol. The molecular formula is C19H20N2O6S. The summed E-state index contributed by atoms with van der Waals surface area (Å²) in [6.07, 6.45) is 1.35. The van der Waals surface area contributed by atoms with Crippen molar-refractivity contribution in [2.45, 2.75) is 18.4 Å². The molecule has 0 spiro atoms. The molecule has 0 aliphatic rings. The number of rotatable bonds is 7. The molecule has 28 heavy (non-hydrogen) atoms. The summed E-state index contributed by atoms with van der Waals surface area (Å²) in [6, 6.07) is 9.50. The molecule has 0 saturated carbocycles. The Morgan fingerprint density at radius 1 is 1.04 bits per heavy atom. The van der Waals surface area contributed by atoms with Gasteiger partial charge in [-0.3, -0.25) is 13.5 Å². The standard InChI is InChI=1S/C19H20N2O6S/c1-13-4-6-14(7-5-13)28(23,24)27-9-8-21-12-20-16-11-18(26-3)17(25-2)10-15(16)19(21)22/h4-7,10-12H,8-9H2,1-3H3. The molecule has 2 aromatic carbocycles. The van der Waals surface area contributed by atoms with Gasteiger partial charge in [0.2, 0.25) is 0 Å². The van der Waals surface area contributed by atoms with E-state index < -0.39 is 10.1 Å². The van der Waals surface area contributed by atoms with E-state index in [1.807, 2.05) is 6.92 Å². The van der Waals surface area contributed by atoms with Crippen molar-refractivity contribution in [2.24, 2.45) is 0 Å².